The molecule has 4 aliphatic carbocycles. The highest BCUT2D eigenvalue weighted by molar-refractivity contribution is 14.1. The normalized spacial score (nSPS) is 35.0. The van der Waals surface area contributed by atoms with Gasteiger partial charge in [0.2, 0.25) is 5.79 Å². The average Bonchev–Trinajstić information content (AvgIpc) is 2.76. The van der Waals surface area contributed by atoms with Gasteiger partial charge in [-0.15, -0.1) is 0 Å². The molecule has 4 fully saturated rings. The molecule has 4 saturated carbocycles. The lowest BCUT2D eigenvalue weighted by Gasteiger charge is -2.63. The van der Waals surface area contributed by atoms with Crippen molar-refractivity contribution in [2.45, 2.75) is 62.3 Å². The Morgan fingerprint density at radius 3 is 2.59 bits per heavy atom. The summed E-state index contributed by atoms with van der Waals surface area (Å²) in [5, 5.41) is -5.07. The molecule has 3 unspecified atom stereocenters. The van der Waals surface area contributed by atoms with E-state index >= 15 is 0 Å². The van der Waals surface area contributed by atoms with Crippen LogP contribution >= 0.6 is 22.6 Å². The molecule has 1 aromatic rings. The monoisotopic (exact) mass is 615 g/mol. The van der Waals surface area contributed by atoms with Crippen LogP contribution in [0, 0.1) is 26.7 Å². The highest BCUT2D eigenvalue weighted by Crippen LogP contribution is 2.66. The number of hydrogen-bond acceptors (Lipinski definition) is 7. The molecule has 5 aliphatic rings. The molecule has 0 N–H and O–H groups in total. The van der Waals surface area contributed by atoms with Gasteiger partial charge in [-0.3, -0.25) is 4.79 Å². The molecule has 188 valence electrons. The van der Waals surface area contributed by atoms with Crippen LogP contribution < -0.4 is 4.74 Å². The van der Waals surface area contributed by atoms with Gasteiger partial charge in [-0.2, -0.15) is 8.78 Å². The zero-order valence-corrected chi connectivity index (χ0v) is 21.0. The van der Waals surface area contributed by atoms with Gasteiger partial charge in [0.05, 0.1) is 18.6 Å². The summed E-state index contributed by atoms with van der Waals surface area (Å²) in [6.45, 7) is -0.324. The van der Waals surface area contributed by atoms with Crippen LogP contribution in [-0.4, -0.2) is 42.8 Å². The molecule has 0 aromatic heterocycles. The van der Waals surface area contributed by atoms with Crippen LogP contribution in [-0.2, 0) is 31.0 Å². The predicted molar refractivity (Wildman–Crippen MR) is 118 cm³/mol. The van der Waals surface area contributed by atoms with Crippen LogP contribution in [0.4, 0.5) is 13.2 Å². The highest BCUT2D eigenvalue weighted by atomic mass is 127. The number of carbonyl (C=O) groups is 1. The first kappa shape index (κ1) is 24.6. The molecule has 4 bridgehead atoms. The first-order valence-electron chi connectivity index (χ1n) is 11.1. The first-order valence-corrected chi connectivity index (χ1v) is 13.6. The lowest BCUT2D eigenvalue weighted by molar-refractivity contribution is -0.326. The second-order valence-corrected chi connectivity index (χ2v) is 12.5. The minimum absolute atomic E-state index is 0.0545. The van der Waals surface area contributed by atoms with Crippen LogP contribution in [0.25, 0.3) is 0 Å². The van der Waals surface area contributed by atoms with Gasteiger partial charge >= 0.3 is 11.2 Å². The van der Waals surface area contributed by atoms with E-state index in [1.807, 2.05) is 18.2 Å². The van der Waals surface area contributed by atoms with Crippen molar-refractivity contribution in [1.82, 2.24) is 0 Å². The van der Waals surface area contributed by atoms with E-state index in [9.17, 15) is 30.9 Å². The number of alkyl halides is 3. The second-order valence-electron chi connectivity index (χ2n) is 9.86. The van der Waals surface area contributed by atoms with Gasteiger partial charge in [-0.25, -0.2) is 12.8 Å². The SMILES string of the molecule is O=C(OCCC(F)C(F)(F)S(=O)(=O)[O-])C12CC3CC(C1)C1(OCc4c(I)cccc4O1)C(C3)C2. The van der Waals surface area contributed by atoms with Crippen LogP contribution in [0.15, 0.2) is 18.2 Å². The lowest BCUT2D eigenvalue weighted by atomic mass is 9.47. The van der Waals surface area contributed by atoms with Gasteiger partial charge in [-0.05, 0) is 72.7 Å². The fourth-order valence-corrected chi connectivity index (χ4v) is 7.53. The third-order valence-corrected chi connectivity index (χ3v) is 9.78. The maximum atomic E-state index is 13.7. The number of esters is 1. The van der Waals surface area contributed by atoms with Crippen molar-refractivity contribution in [2.24, 2.45) is 23.2 Å². The Bertz CT molecular complexity index is 1100. The number of fused-ring (bicyclic) bond motifs is 1. The van der Waals surface area contributed by atoms with Crippen molar-refractivity contribution in [3.63, 3.8) is 0 Å². The van der Waals surface area contributed by atoms with Crippen molar-refractivity contribution >= 4 is 38.7 Å². The quantitative estimate of drug-likeness (QED) is 0.270. The molecule has 3 atom stereocenters. The smallest absolute Gasteiger partial charge is 0.364 e. The molecule has 0 amide bonds. The van der Waals surface area contributed by atoms with Crippen molar-refractivity contribution < 1.29 is 45.1 Å². The topological polar surface area (TPSA) is 102 Å². The van der Waals surface area contributed by atoms with E-state index in [4.69, 9.17) is 14.2 Å². The molecule has 6 rings (SSSR count). The number of halogens is 4. The summed E-state index contributed by atoms with van der Waals surface area (Å²) in [6.07, 6.45) is -1.18. The molecule has 12 heteroatoms. The zero-order chi connectivity index (χ0) is 24.5. The minimum atomic E-state index is -6.16. The molecular weight excluding hydrogens is 592 g/mol. The van der Waals surface area contributed by atoms with E-state index in [2.05, 4.69) is 22.6 Å². The molecule has 1 heterocycles. The highest BCUT2D eigenvalue weighted by Gasteiger charge is 2.68. The number of benzene rings is 1. The Kier molecular flexibility index (Phi) is 5.93. The second kappa shape index (κ2) is 8.20. The average molecular weight is 615 g/mol. The van der Waals surface area contributed by atoms with Gasteiger partial charge in [0, 0.05) is 27.4 Å². The van der Waals surface area contributed by atoms with Gasteiger partial charge in [0.25, 0.3) is 0 Å². The fraction of sp³-hybridized carbons (Fsp3) is 0.682. The largest absolute Gasteiger partial charge is 0.743 e. The summed E-state index contributed by atoms with van der Waals surface area (Å²) in [7, 11) is -6.16. The summed E-state index contributed by atoms with van der Waals surface area (Å²) >= 11 is 2.24. The van der Waals surface area contributed by atoms with Crippen LogP contribution in [0.1, 0.15) is 44.1 Å². The molecule has 1 aliphatic heterocycles. The molecular formula is C22H23F3IO7S-. The third kappa shape index (κ3) is 3.74. The number of carbonyl (C=O) groups excluding carboxylic acids is 1. The Hall–Kier alpha value is -1.12. The predicted octanol–water partition coefficient (Wildman–Crippen LogP) is 4.13. The Balaban J connectivity index is 1.28. The molecule has 1 spiro atoms. The van der Waals surface area contributed by atoms with Gasteiger partial charge in [-0.1, -0.05) is 6.07 Å². The van der Waals surface area contributed by atoms with E-state index in [0.717, 1.165) is 27.7 Å². The van der Waals surface area contributed by atoms with Gasteiger partial charge < -0.3 is 18.8 Å². The van der Waals surface area contributed by atoms with Crippen molar-refractivity contribution in [2.75, 3.05) is 6.61 Å². The van der Waals surface area contributed by atoms with Gasteiger partial charge in [0.1, 0.15) is 5.75 Å². The maximum Gasteiger partial charge on any atom is 0.364 e. The first-order chi connectivity index (χ1) is 15.9. The van der Waals surface area contributed by atoms with Crippen LogP contribution in [0.3, 0.4) is 0 Å². The molecule has 1 aromatic carbocycles. The molecule has 34 heavy (non-hydrogen) atoms. The summed E-state index contributed by atoms with van der Waals surface area (Å²) in [6, 6.07) is 5.83. The number of ether oxygens (including phenoxy) is 3. The summed E-state index contributed by atoms with van der Waals surface area (Å²) < 4.78 is 91.2. The molecule has 0 saturated heterocycles. The minimum Gasteiger partial charge on any atom is -0.743 e. The summed E-state index contributed by atoms with van der Waals surface area (Å²) in [5.41, 5.74) is 0.160. The third-order valence-electron chi connectivity index (χ3n) is 7.85. The Morgan fingerprint density at radius 1 is 1.26 bits per heavy atom. The van der Waals surface area contributed by atoms with E-state index in [-0.39, 0.29) is 17.8 Å². The zero-order valence-electron chi connectivity index (χ0n) is 18.0. The van der Waals surface area contributed by atoms with Crippen molar-refractivity contribution in [3.05, 3.63) is 27.3 Å². The maximum absolute atomic E-state index is 13.7. The van der Waals surface area contributed by atoms with Crippen molar-refractivity contribution in [1.29, 1.82) is 0 Å². The van der Waals surface area contributed by atoms with Crippen LogP contribution in [0.5, 0.6) is 5.75 Å². The fourth-order valence-electron chi connectivity index (χ4n) is 6.47. The Labute approximate surface area is 208 Å². The number of rotatable bonds is 6. The van der Waals surface area contributed by atoms with Crippen LogP contribution in [0.2, 0.25) is 0 Å². The van der Waals surface area contributed by atoms with E-state index in [1.165, 1.54) is 0 Å². The van der Waals surface area contributed by atoms with Gasteiger partial charge in [0.15, 0.2) is 16.3 Å². The van der Waals surface area contributed by atoms with E-state index in [1.54, 1.807) is 0 Å². The summed E-state index contributed by atoms with van der Waals surface area (Å²) in [5.74, 6) is -0.489. The Morgan fingerprint density at radius 2 is 1.94 bits per heavy atom. The summed E-state index contributed by atoms with van der Waals surface area (Å²) in [4.78, 5) is 13.0. The molecule has 0 radical (unpaired) electrons. The van der Waals surface area contributed by atoms with E-state index in [0.29, 0.717) is 25.9 Å². The number of hydrogen-bond donors (Lipinski definition) is 0. The standard InChI is InChI=1S/C22H24F3IO7S/c23-18(22(24,25)34(28,29)30)4-5-31-19(27)20-8-12-6-13(9-20)21(14(7-12)10-20)32-11-15-16(26)2-1-3-17(15)33-21/h1-3,12-14,18H,4-11H2,(H,28,29,30)/p-1. The molecule has 7 nitrogen and oxygen atoms in total. The lowest BCUT2D eigenvalue weighted by Crippen LogP contribution is -2.67. The van der Waals surface area contributed by atoms with Crippen molar-refractivity contribution in [3.8, 4) is 5.75 Å². The van der Waals surface area contributed by atoms with E-state index < -0.39 is 51.7 Å².